The first kappa shape index (κ1) is 13.5. The molecule has 0 bridgehead atoms. The van der Waals surface area contributed by atoms with Crippen molar-refractivity contribution in [1.29, 1.82) is 0 Å². The largest absolute Gasteiger partial charge is 0.400 e. The lowest BCUT2D eigenvalue weighted by Crippen LogP contribution is -2.06. The number of hydrogen-bond donors (Lipinski definition) is 0. The standard InChI is InChI=1S/C15H8ClFN2O2/c16-10-5-6-18-12(8-10)14-19-13(15(20)21-14)7-9-1-3-11(17)4-2-9/h1-8H/b13-7-. The number of aliphatic imine (C=N–C) groups is 1. The molecular formula is C15H8ClFN2O2. The first-order valence-electron chi connectivity index (χ1n) is 6.02. The van der Waals surface area contributed by atoms with Crippen LogP contribution in [0.1, 0.15) is 11.3 Å². The predicted molar refractivity (Wildman–Crippen MR) is 76.3 cm³/mol. The maximum atomic E-state index is 12.8. The van der Waals surface area contributed by atoms with Crippen LogP contribution in [0.4, 0.5) is 4.39 Å². The fourth-order valence-electron chi connectivity index (χ4n) is 1.76. The molecule has 2 aromatic rings. The van der Waals surface area contributed by atoms with Crippen LogP contribution in [0, 0.1) is 5.82 Å². The first-order valence-corrected chi connectivity index (χ1v) is 6.40. The van der Waals surface area contributed by atoms with E-state index in [2.05, 4.69) is 9.98 Å². The van der Waals surface area contributed by atoms with Gasteiger partial charge in [0.25, 0.3) is 0 Å². The number of rotatable bonds is 2. The van der Waals surface area contributed by atoms with E-state index in [1.54, 1.807) is 24.3 Å². The Morgan fingerprint density at radius 1 is 1.19 bits per heavy atom. The number of cyclic esters (lactones) is 1. The number of halogens is 2. The van der Waals surface area contributed by atoms with Crippen molar-refractivity contribution in [2.24, 2.45) is 4.99 Å². The monoisotopic (exact) mass is 302 g/mol. The fraction of sp³-hybridized carbons (Fsp3) is 0. The molecular weight excluding hydrogens is 295 g/mol. The Kier molecular flexibility index (Phi) is 3.50. The summed E-state index contributed by atoms with van der Waals surface area (Å²) >= 11 is 5.86. The van der Waals surface area contributed by atoms with Crippen molar-refractivity contribution < 1.29 is 13.9 Å². The molecule has 1 aromatic carbocycles. The second-order valence-electron chi connectivity index (χ2n) is 4.25. The van der Waals surface area contributed by atoms with E-state index in [1.165, 1.54) is 24.4 Å². The Bertz CT molecular complexity index is 769. The molecule has 21 heavy (non-hydrogen) atoms. The van der Waals surface area contributed by atoms with Gasteiger partial charge in [0.15, 0.2) is 5.70 Å². The molecule has 6 heteroatoms. The Morgan fingerprint density at radius 2 is 1.95 bits per heavy atom. The molecule has 4 nitrogen and oxygen atoms in total. The molecule has 0 atom stereocenters. The van der Waals surface area contributed by atoms with Crippen molar-refractivity contribution in [3.05, 3.63) is 70.4 Å². The normalized spacial score (nSPS) is 16.0. The van der Waals surface area contributed by atoms with E-state index >= 15 is 0 Å². The van der Waals surface area contributed by atoms with Gasteiger partial charge >= 0.3 is 5.97 Å². The van der Waals surface area contributed by atoms with Crippen molar-refractivity contribution in [2.45, 2.75) is 0 Å². The molecule has 104 valence electrons. The zero-order chi connectivity index (χ0) is 14.8. The second-order valence-corrected chi connectivity index (χ2v) is 4.68. The van der Waals surface area contributed by atoms with E-state index in [4.69, 9.17) is 16.3 Å². The summed E-state index contributed by atoms with van der Waals surface area (Å²) in [7, 11) is 0. The van der Waals surface area contributed by atoms with Crippen LogP contribution < -0.4 is 0 Å². The van der Waals surface area contributed by atoms with E-state index in [0.29, 0.717) is 16.3 Å². The number of nitrogens with zero attached hydrogens (tertiary/aromatic N) is 2. The lowest BCUT2D eigenvalue weighted by atomic mass is 10.2. The minimum atomic E-state index is -0.587. The van der Waals surface area contributed by atoms with Crippen LogP contribution in [0.3, 0.4) is 0 Å². The smallest absolute Gasteiger partial charge is 0.363 e. The Labute approximate surface area is 124 Å². The summed E-state index contributed by atoms with van der Waals surface area (Å²) in [4.78, 5) is 19.9. The van der Waals surface area contributed by atoms with Gasteiger partial charge in [-0.2, -0.15) is 0 Å². The highest BCUT2D eigenvalue weighted by Crippen LogP contribution is 2.19. The summed E-state index contributed by atoms with van der Waals surface area (Å²) in [6, 6.07) is 8.85. The summed E-state index contributed by atoms with van der Waals surface area (Å²) in [6.07, 6.45) is 3.01. The van der Waals surface area contributed by atoms with Crippen molar-refractivity contribution in [3.63, 3.8) is 0 Å². The van der Waals surface area contributed by atoms with Gasteiger partial charge in [-0.05, 0) is 35.9 Å². The number of pyridine rings is 1. The lowest BCUT2D eigenvalue weighted by molar-refractivity contribution is -0.129. The molecule has 0 aliphatic carbocycles. The van der Waals surface area contributed by atoms with Crippen LogP contribution in [0.2, 0.25) is 5.02 Å². The van der Waals surface area contributed by atoms with E-state index in [9.17, 15) is 9.18 Å². The predicted octanol–water partition coefficient (Wildman–Crippen LogP) is 3.22. The number of esters is 1. The zero-order valence-electron chi connectivity index (χ0n) is 10.6. The molecule has 1 aliphatic heterocycles. The molecule has 0 radical (unpaired) electrons. The van der Waals surface area contributed by atoms with Crippen LogP contribution in [-0.4, -0.2) is 16.9 Å². The number of ether oxygens (including phenoxy) is 1. The minimum Gasteiger partial charge on any atom is -0.400 e. The van der Waals surface area contributed by atoms with Crippen LogP contribution in [0.15, 0.2) is 53.3 Å². The number of hydrogen-bond acceptors (Lipinski definition) is 4. The van der Waals surface area contributed by atoms with Crippen molar-refractivity contribution in [1.82, 2.24) is 4.98 Å². The van der Waals surface area contributed by atoms with Gasteiger partial charge in [0.05, 0.1) is 0 Å². The molecule has 2 heterocycles. The SMILES string of the molecule is O=C1OC(c2cc(Cl)ccn2)=N/C1=C\c1ccc(F)cc1. The van der Waals surface area contributed by atoms with Gasteiger partial charge in [0, 0.05) is 11.2 Å². The van der Waals surface area contributed by atoms with Crippen LogP contribution in [0.25, 0.3) is 6.08 Å². The molecule has 0 fully saturated rings. The number of carbonyl (C=O) groups excluding carboxylic acids is 1. The molecule has 0 unspecified atom stereocenters. The van der Waals surface area contributed by atoms with E-state index in [0.717, 1.165) is 0 Å². The summed E-state index contributed by atoms with van der Waals surface area (Å²) in [5.41, 5.74) is 1.14. The van der Waals surface area contributed by atoms with Crippen molar-refractivity contribution in [3.8, 4) is 0 Å². The third kappa shape index (κ3) is 2.98. The molecule has 1 aliphatic rings. The average Bonchev–Trinajstić information content (AvgIpc) is 2.83. The number of benzene rings is 1. The van der Waals surface area contributed by atoms with Gasteiger partial charge in [-0.15, -0.1) is 0 Å². The summed E-state index contributed by atoms with van der Waals surface area (Å²) < 4.78 is 17.9. The molecule has 1 aromatic heterocycles. The van der Waals surface area contributed by atoms with Gasteiger partial charge in [-0.3, -0.25) is 4.98 Å². The average molecular weight is 303 g/mol. The highest BCUT2D eigenvalue weighted by atomic mass is 35.5. The van der Waals surface area contributed by atoms with Gasteiger partial charge in [-0.25, -0.2) is 14.2 Å². The molecule has 0 amide bonds. The van der Waals surface area contributed by atoms with Gasteiger partial charge < -0.3 is 4.74 Å². The summed E-state index contributed by atoms with van der Waals surface area (Å²) in [5.74, 6) is -0.842. The molecule has 0 saturated carbocycles. The van der Waals surface area contributed by atoms with Gasteiger partial charge in [-0.1, -0.05) is 23.7 Å². The third-order valence-corrected chi connectivity index (χ3v) is 2.97. The Morgan fingerprint density at radius 3 is 2.67 bits per heavy atom. The highest BCUT2D eigenvalue weighted by Gasteiger charge is 2.25. The summed E-state index contributed by atoms with van der Waals surface area (Å²) in [6.45, 7) is 0. The third-order valence-electron chi connectivity index (χ3n) is 2.73. The van der Waals surface area contributed by atoms with Crippen LogP contribution in [-0.2, 0) is 9.53 Å². The van der Waals surface area contributed by atoms with Gasteiger partial charge in [0.1, 0.15) is 11.5 Å². The number of aromatic nitrogens is 1. The van der Waals surface area contributed by atoms with E-state index < -0.39 is 5.97 Å². The first-order chi connectivity index (χ1) is 10.1. The van der Waals surface area contributed by atoms with E-state index in [-0.39, 0.29) is 17.4 Å². The maximum absolute atomic E-state index is 12.8. The molecule has 0 N–H and O–H groups in total. The topological polar surface area (TPSA) is 51.5 Å². The van der Waals surface area contributed by atoms with Gasteiger partial charge in [0.2, 0.25) is 5.90 Å². The minimum absolute atomic E-state index is 0.0934. The molecule has 0 spiro atoms. The second kappa shape index (κ2) is 5.46. The molecule has 0 saturated heterocycles. The molecule has 3 rings (SSSR count). The van der Waals surface area contributed by atoms with E-state index in [1.807, 2.05) is 0 Å². The van der Waals surface area contributed by atoms with Crippen LogP contribution >= 0.6 is 11.6 Å². The number of carbonyl (C=O) groups is 1. The van der Waals surface area contributed by atoms with Crippen LogP contribution in [0.5, 0.6) is 0 Å². The Hall–Kier alpha value is -2.53. The van der Waals surface area contributed by atoms with Crippen molar-refractivity contribution >= 4 is 29.5 Å². The zero-order valence-corrected chi connectivity index (χ0v) is 11.3. The lowest BCUT2D eigenvalue weighted by Gasteiger charge is -1.97. The quantitative estimate of drug-likeness (QED) is 0.632. The fourth-order valence-corrected chi connectivity index (χ4v) is 1.92. The summed E-state index contributed by atoms with van der Waals surface area (Å²) in [5, 5.41) is 0.467. The Balaban J connectivity index is 1.93. The highest BCUT2D eigenvalue weighted by molar-refractivity contribution is 6.31. The van der Waals surface area contributed by atoms with Crippen molar-refractivity contribution in [2.75, 3.05) is 0 Å². The maximum Gasteiger partial charge on any atom is 0.363 e.